The number of carbonyl (C=O) groups excluding carboxylic acids is 1. The molecule has 27 heavy (non-hydrogen) atoms. The summed E-state index contributed by atoms with van der Waals surface area (Å²) in [6.07, 6.45) is 5.54. The van der Waals surface area contributed by atoms with Gasteiger partial charge >= 0.3 is 0 Å². The summed E-state index contributed by atoms with van der Waals surface area (Å²) in [7, 11) is 0. The van der Waals surface area contributed by atoms with Crippen LogP contribution in [0.2, 0.25) is 0 Å². The third kappa shape index (κ3) is 3.77. The van der Waals surface area contributed by atoms with Crippen molar-refractivity contribution in [1.29, 1.82) is 0 Å². The van der Waals surface area contributed by atoms with Crippen LogP contribution >= 0.6 is 11.3 Å². The SMILES string of the molecule is O=C(Cn1cnc2ccccc2c1=O)NCCc1csc(-n2cccn2)n1. The number of fused-ring (bicyclic) bond motifs is 1. The first-order valence-electron chi connectivity index (χ1n) is 8.36. The van der Waals surface area contributed by atoms with E-state index in [1.807, 2.05) is 23.7 Å². The highest BCUT2D eigenvalue weighted by molar-refractivity contribution is 7.12. The fourth-order valence-electron chi connectivity index (χ4n) is 2.66. The zero-order chi connectivity index (χ0) is 18.6. The molecule has 136 valence electrons. The summed E-state index contributed by atoms with van der Waals surface area (Å²) in [5.41, 5.74) is 1.28. The third-order valence-corrected chi connectivity index (χ3v) is 4.87. The highest BCUT2D eigenvalue weighted by atomic mass is 32.1. The first-order valence-corrected chi connectivity index (χ1v) is 9.24. The number of hydrogen-bond acceptors (Lipinski definition) is 6. The second kappa shape index (κ2) is 7.50. The maximum Gasteiger partial charge on any atom is 0.261 e. The molecule has 0 aliphatic rings. The molecule has 1 aromatic carbocycles. The number of benzene rings is 1. The zero-order valence-electron chi connectivity index (χ0n) is 14.3. The van der Waals surface area contributed by atoms with Crippen LogP contribution in [0.1, 0.15) is 5.69 Å². The number of rotatable bonds is 6. The van der Waals surface area contributed by atoms with Crippen LogP contribution in [0, 0.1) is 0 Å². The molecule has 0 atom stereocenters. The lowest BCUT2D eigenvalue weighted by Crippen LogP contribution is -2.33. The maximum absolute atomic E-state index is 12.4. The Morgan fingerprint density at radius 1 is 1.22 bits per heavy atom. The molecule has 0 unspecified atom stereocenters. The highest BCUT2D eigenvalue weighted by Gasteiger charge is 2.09. The van der Waals surface area contributed by atoms with Gasteiger partial charge in [-0.05, 0) is 18.2 Å². The fourth-order valence-corrected chi connectivity index (χ4v) is 3.46. The second-order valence-corrected chi connectivity index (χ2v) is 6.70. The molecule has 1 N–H and O–H groups in total. The van der Waals surface area contributed by atoms with Gasteiger partial charge in [0.05, 0.1) is 22.9 Å². The molecule has 3 aromatic heterocycles. The molecule has 4 rings (SSSR count). The molecule has 0 aliphatic heterocycles. The van der Waals surface area contributed by atoms with Gasteiger partial charge in [-0.3, -0.25) is 14.2 Å². The number of hydrogen-bond donors (Lipinski definition) is 1. The van der Waals surface area contributed by atoms with E-state index >= 15 is 0 Å². The Bertz CT molecular complexity index is 1130. The van der Waals surface area contributed by atoms with Crippen LogP contribution in [0.4, 0.5) is 0 Å². The lowest BCUT2D eigenvalue weighted by Gasteiger charge is -2.07. The van der Waals surface area contributed by atoms with Gasteiger partial charge in [0.25, 0.3) is 5.56 Å². The third-order valence-electron chi connectivity index (χ3n) is 3.99. The predicted molar refractivity (Wildman–Crippen MR) is 102 cm³/mol. The zero-order valence-corrected chi connectivity index (χ0v) is 15.1. The Morgan fingerprint density at radius 2 is 2.11 bits per heavy atom. The summed E-state index contributed by atoms with van der Waals surface area (Å²) in [5.74, 6) is -0.239. The molecule has 0 saturated heterocycles. The van der Waals surface area contributed by atoms with E-state index in [-0.39, 0.29) is 18.0 Å². The lowest BCUT2D eigenvalue weighted by molar-refractivity contribution is -0.121. The number of amides is 1. The van der Waals surface area contributed by atoms with Crippen molar-refractivity contribution in [3.8, 4) is 5.13 Å². The van der Waals surface area contributed by atoms with Gasteiger partial charge in [-0.25, -0.2) is 14.6 Å². The average Bonchev–Trinajstić information content (AvgIpc) is 3.36. The molecular weight excluding hydrogens is 364 g/mol. The minimum absolute atomic E-state index is 0.0632. The van der Waals surface area contributed by atoms with Gasteiger partial charge < -0.3 is 5.32 Å². The van der Waals surface area contributed by atoms with Crippen LogP contribution in [0.25, 0.3) is 16.0 Å². The van der Waals surface area contributed by atoms with Crippen molar-refractivity contribution in [3.05, 3.63) is 70.5 Å². The number of nitrogens with one attached hydrogen (secondary N) is 1. The molecular formula is C18H16N6O2S. The van der Waals surface area contributed by atoms with Gasteiger partial charge in [-0.2, -0.15) is 5.10 Å². The molecule has 0 spiro atoms. The minimum atomic E-state index is -0.239. The molecule has 9 heteroatoms. The molecule has 8 nitrogen and oxygen atoms in total. The van der Waals surface area contributed by atoms with Crippen molar-refractivity contribution in [2.45, 2.75) is 13.0 Å². The van der Waals surface area contributed by atoms with E-state index in [1.54, 1.807) is 29.1 Å². The van der Waals surface area contributed by atoms with Crippen LogP contribution < -0.4 is 10.9 Å². The van der Waals surface area contributed by atoms with E-state index in [2.05, 4.69) is 20.4 Å². The number of para-hydroxylation sites is 1. The van der Waals surface area contributed by atoms with Crippen molar-refractivity contribution in [2.24, 2.45) is 0 Å². The van der Waals surface area contributed by atoms with Crippen molar-refractivity contribution >= 4 is 28.1 Å². The van der Waals surface area contributed by atoms with E-state index in [1.165, 1.54) is 22.2 Å². The van der Waals surface area contributed by atoms with E-state index in [4.69, 9.17) is 0 Å². The Hall–Kier alpha value is -3.33. The van der Waals surface area contributed by atoms with Gasteiger partial charge in [-0.1, -0.05) is 12.1 Å². The van der Waals surface area contributed by atoms with Gasteiger partial charge in [0.15, 0.2) is 0 Å². The normalized spacial score (nSPS) is 11.0. The molecule has 0 bridgehead atoms. The average molecular weight is 380 g/mol. The number of thiazole rings is 1. The highest BCUT2D eigenvalue weighted by Crippen LogP contribution is 2.13. The van der Waals surface area contributed by atoms with Gasteiger partial charge in [0, 0.05) is 30.7 Å². The Kier molecular flexibility index (Phi) is 4.75. The van der Waals surface area contributed by atoms with Crippen LogP contribution in [0.3, 0.4) is 0 Å². The molecule has 4 aromatic rings. The molecule has 3 heterocycles. The summed E-state index contributed by atoms with van der Waals surface area (Å²) < 4.78 is 3.02. The summed E-state index contributed by atoms with van der Waals surface area (Å²) in [4.78, 5) is 33.3. The van der Waals surface area contributed by atoms with Crippen LogP contribution in [-0.2, 0) is 17.8 Å². The minimum Gasteiger partial charge on any atom is -0.354 e. The maximum atomic E-state index is 12.4. The monoisotopic (exact) mass is 380 g/mol. The van der Waals surface area contributed by atoms with Crippen LogP contribution in [0.5, 0.6) is 0 Å². The molecule has 0 saturated carbocycles. The van der Waals surface area contributed by atoms with Gasteiger partial charge in [0.2, 0.25) is 11.0 Å². The van der Waals surface area contributed by atoms with E-state index in [0.29, 0.717) is 23.9 Å². The second-order valence-electron chi connectivity index (χ2n) is 5.87. The summed E-state index contributed by atoms with van der Waals surface area (Å²) in [6, 6.07) is 8.92. The molecule has 0 aliphatic carbocycles. The van der Waals surface area contributed by atoms with Gasteiger partial charge in [-0.15, -0.1) is 11.3 Å². The predicted octanol–water partition coefficient (Wildman–Crippen LogP) is 1.40. The molecule has 0 radical (unpaired) electrons. The largest absolute Gasteiger partial charge is 0.354 e. The van der Waals surface area contributed by atoms with Crippen molar-refractivity contribution in [3.63, 3.8) is 0 Å². The molecule has 1 amide bonds. The smallest absolute Gasteiger partial charge is 0.261 e. The number of carbonyl (C=O) groups is 1. The summed E-state index contributed by atoms with van der Waals surface area (Å²) in [6.45, 7) is 0.378. The van der Waals surface area contributed by atoms with Gasteiger partial charge in [0.1, 0.15) is 6.54 Å². The fraction of sp³-hybridized carbons (Fsp3) is 0.167. The number of nitrogens with zero attached hydrogens (tertiary/aromatic N) is 5. The first kappa shape index (κ1) is 17.1. The first-order chi connectivity index (χ1) is 13.2. The van der Waals surface area contributed by atoms with E-state index < -0.39 is 0 Å². The quantitative estimate of drug-likeness (QED) is 0.546. The Labute approximate surface area is 158 Å². The van der Waals surface area contributed by atoms with E-state index in [0.717, 1.165) is 10.8 Å². The van der Waals surface area contributed by atoms with E-state index in [9.17, 15) is 9.59 Å². The van der Waals surface area contributed by atoms with Crippen molar-refractivity contribution < 1.29 is 4.79 Å². The summed E-state index contributed by atoms with van der Waals surface area (Å²) >= 11 is 1.49. The van der Waals surface area contributed by atoms with Crippen molar-refractivity contribution in [1.82, 2.24) is 29.6 Å². The lowest BCUT2D eigenvalue weighted by atomic mass is 10.2. The standard InChI is InChI=1S/C18H16N6O2S/c25-16(10-23-12-20-15-5-2-1-4-14(15)17(23)26)19-8-6-13-11-27-18(22-13)24-9-3-7-21-24/h1-5,7,9,11-12H,6,8,10H2,(H,19,25). The Balaban J connectivity index is 1.34. The van der Waals surface area contributed by atoms with Crippen LogP contribution in [-0.4, -0.2) is 36.8 Å². The summed E-state index contributed by atoms with van der Waals surface area (Å²) in [5, 5.41) is 10.2. The Morgan fingerprint density at radius 3 is 2.96 bits per heavy atom. The number of aromatic nitrogens is 5. The topological polar surface area (TPSA) is 94.7 Å². The van der Waals surface area contributed by atoms with Crippen molar-refractivity contribution in [2.75, 3.05) is 6.54 Å². The van der Waals surface area contributed by atoms with Crippen LogP contribution in [0.15, 0.2) is 59.2 Å². The molecule has 0 fully saturated rings.